The van der Waals surface area contributed by atoms with Gasteiger partial charge in [0.1, 0.15) is 0 Å². The van der Waals surface area contributed by atoms with Gasteiger partial charge in [-0.15, -0.1) is 0 Å². The minimum absolute atomic E-state index is 0.0340. The highest BCUT2D eigenvalue weighted by Gasteiger charge is 2.42. The van der Waals surface area contributed by atoms with E-state index in [4.69, 9.17) is 17.2 Å². The van der Waals surface area contributed by atoms with Crippen LogP contribution >= 0.6 is 12.2 Å². The summed E-state index contributed by atoms with van der Waals surface area (Å²) in [5.74, 6) is 0.479. The molecule has 2 aromatic carbocycles. The minimum atomic E-state index is -0.0662. The van der Waals surface area contributed by atoms with Crippen molar-refractivity contribution in [2.75, 3.05) is 23.9 Å². The summed E-state index contributed by atoms with van der Waals surface area (Å²) in [5.41, 5.74) is 9.37. The molecule has 3 heterocycles. The zero-order chi connectivity index (χ0) is 26.3. The molecule has 0 spiro atoms. The van der Waals surface area contributed by atoms with Gasteiger partial charge in [-0.05, 0) is 97.7 Å². The van der Waals surface area contributed by atoms with Crippen LogP contribution < -0.4 is 15.1 Å². The Kier molecular flexibility index (Phi) is 6.78. The summed E-state index contributed by atoms with van der Waals surface area (Å²) in [6, 6.07) is 25.8. The molecule has 2 aromatic heterocycles. The predicted molar refractivity (Wildman–Crippen MR) is 158 cm³/mol. The first-order valence-electron chi connectivity index (χ1n) is 12.8. The third-order valence-electron chi connectivity index (χ3n) is 7.35. The monoisotopic (exact) mass is 509 g/mol. The summed E-state index contributed by atoms with van der Waals surface area (Å²) >= 11 is 5.95. The molecule has 4 aromatic rings. The predicted octanol–water partition coefficient (Wildman–Crippen LogP) is 6.86. The van der Waals surface area contributed by atoms with Crippen molar-refractivity contribution in [3.05, 3.63) is 107 Å². The first-order valence-corrected chi connectivity index (χ1v) is 13.2. The lowest BCUT2D eigenvalue weighted by atomic mass is 9.96. The molecule has 1 aliphatic rings. The topological polar surface area (TPSA) is 36.3 Å². The Bertz CT molecular complexity index is 1390. The van der Waals surface area contributed by atoms with E-state index in [0.717, 1.165) is 22.2 Å². The third-order valence-corrected chi connectivity index (χ3v) is 7.66. The van der Waals surface area contributed by atoms with E-state index in [1.807, 2.05) is 18.3 Å². The van der Waals surface area contributed by atoms with Crippen LogP contribution in [-0.4, -0.2) is 28.8 Å². The van der Waals surface area contributed by atoms with Crippen molar-refractivity contribution < 1.29 is 0 Å². The standard InChI is InChI=1S/C31H35N5S/c1-20(2)23-10-12-26(13-11-23)36-30(29(33-31(36)37)28-9-7-8-18-32-28)27-19-21(3)35(22(27)4)25-16-14-24(15-17-25)34(5)6/h7-20,29-30H,1-6H3,(H,33,37)/t29-,30-/m0/s1. The maximum atomic E-state index is 5.95. The number of thiocarbonyl (C=S) groups is 1. The molecule has 37 heavy (non-hydrogen) atoms. The second-order valence-corrected chi connectivity index (χ2v) is 10.7. The summed E-state index contributed by atoms with van der Waals surface area (Å²) in [7, 11) is 4.13. The van der Waals surface area contributed by atoms with Gasteiger partial charge in [0.2, 0.25) is 0 Å². The first-order chi connectivity index (χ1) is 17.8. The average molecular weight is 510 g/mol. The number of benzene rings is 2. The molecule has 5 rings (SSSR count). The summed E-state index contributed by atoms with van der Waals surface area (Å²) in [5, 5.41) is 4.32. The summed E-state index contributed by atoms with van der Waals surface area (Å²) in [4.78, 5) is 9.10. The maximum absolute atomic E-state index is 5.95. The third kappa shape index (κ3) is 4.62. The van der Waals surface area contributed by atoms with Gasteiger partial charge in [0.05, 0.1) is 17.8 Å². The van der Waals surface area contributed by atoms with Crippen molar-refractivity contribution in [3.8, 4) is 5.69 Å². The molecular formula is C31H35N5S. The van der Waals surface area contributed by atoms with Gasteiger partial charge >= 0.3 is 0 Å². The van der Waals surface area contributed by atoms with E-state index in [1.165, 1.54) is 28.2 Å². The zero-order valence-corrected chi connectivity index (χ0v) is 23.3. The van der Waals surface area contributed by atoms with Crippen LogP contribution in [0.5, 0.6) is 0 Å². The van der Waals surface area contributed by atoms with Gasteiger partial charge in [-0.1, -0.05) is 32.0 Å². The van der Waals surface area contributed by atoms with Crippen molar-refractivity contribution in [2.45, 2.75) is 45.7 Å². The summed E-state index contributed by atoms with van der Waals surface area (Å²) in [6.45, 7) is 8.82. The number of hydrogen-bond donors (Lipinski definition) is 1. The van der Waals surface area contributed by atoms with E-state index in [9.17, 15) is 0 Å². The molecule has 1 saturated heterocycles. The highest BCUT2D eigenvalue weighted by Crippen LogP contribution is 2.44. The molecule has 1 aliphatic heterocycles. The lowest BCUT2D eigenvalue weighted by Crippen LogP contribution is -2.29. The number of pyridine rings is 1. The lowest BCUT2D eigenvalue weighted by molar-refractivity contribution is 0.565. The van der Waals surface area contributed by atoms with Gasteiger partial charge in [-0.3, -0.25) is 4.98 Å². The number of hydrogen-bond acceptors (Lipinski definition) is 3. The number of aryl methyl sites for hydroxylation is 1. The van der Waals surface area contributed by atoms with Crippen molar-refractivity contribution in [3.63, 3.8) is 0 Å². The van der Waals surface area contributed by atoms with Crippen LogP contribution in [0.1, 0.15) is 60.1 Å². The highest BCUT2D eigenvalue weighted by molar-refractivity contribution is 7.80. The van der Waals surface area contributed by atoms with Gasteiger partial charge in [-0.25, -0.2) is 0 Å². The largest absolute Gasteiger partial charge is 0.378 e. The van der Waals surface area contributed by atoms with Gasteiger partial charge in [0, 0.05) is 48.7 Å². The number of aromatic nitrogens is 2. The fraction of sp³-hybridized carbons (Fsp3) is 0.290. The molecule has 5 nitrogen and oxygen atoms in total. The van der Waals surface area contributed by atoms with E-state index in [2.05, 4.69) is 122 Å². The quantitative estimate of drug-likeness (QED) is 0.288. The molecule has 190 valence electrons. The molecule has 0 aliphatic carbocycles. The van der Waals surface area contributed by atoms with Gasteiger partial charge in [0.25, 0.3) is 0 Å². The Morgan fingerprint density at radius 3 is 2.19 bits per heavy atom. The van der Waals surface area contributed by atoms with Crippen molar-refractivity contribution in [1.82, 2.24) is 14.9 Å². The lowest BCUT2D eigenvalue weighted by Gasteiger charge is -2.28. The van der Waals surface area contributed by atoms with Crippen molar-refractivity contribution in [1.29, 1.82) is 0 Å². The fourth-order valence-electron chi connectivity index (χ4n) is 5.35. The average Bonchev–Trinajstić information content (AvgIpc) is 3.39. The fourth-order valence-corrected chi connectivity index (χ4v) is 5.70. The number of rotatable bonds is 6. The highest BCUT2D eigenvalue weighted by atomic mass is 32.1. The second-order valence-electron chi connectivity index (χ2n) is 10.3. The molecule has 0 amide bonds. The molecule has 0 unspecified atom stereocenters. The molecule has 0 radical (unpaired) electrons. The molecule has 0 bridgehead atoms. The van der Waals surface area contributed by atoms with E-state index in [0.29, 0.717) is 5.92 Å². The van der Waals surface area contributed by atoms with Gasteiger partial charge in [0.15, 0.2) is 5.11 Å². The minimum Gasteiger partial charge on any atom is -0.378 e. The van der Waals surface area contributed by atoms with E-state index < -0.39 is 0 Å². The Morgan fingerprint density at radius 2 is 1.59 bits per heavy atom. The molecule has 1 fully saturated rings. The molecular weight excluding hydrogens is 474 g/mol. The molecule has 6 heteroatoms. The van der Waals surface area contributed by atoms with Crippen LogP contribution in [0.2, 0.25) is 0 Å². The van der Waals surface area contributed by atoms with Crippen LogP contribution in [0.25, 0.3) is 5.69 Å². The van der Waals surface area contributed by atoms with Crippen LogP contribution in [0.15, 0.2) is 79.0 Å². The number of nitrogens with one attached hydrogen (secondary N) is 1. The van der Waals surface area contributed by atoms with Gasteiger partial charge < -0.3 is 19.7 Å². The number of anilines is 2. The maximum Gasteiger partial charge on any atom is 0.174 e. The smallest absolute Gasteiger partial charge is 0.174 e. The Hall–Kier alpha value is -3.64. The Balaban J connectivity index is 1.62. The summed E-state index contributed by atoms with van der Waals surface area (Å²) in [6.07, 6.45) is 1.85. The van der Waals surface area contributed by atoms with Crippen LogP contribution in [0, 0.1) is 13.8 Å². The zero-order valence-electron chi connectivity index (χ0n) is 22.4. The van der Waals surface area contributed by atoms with Crippen molar-refractivity contribution >= 4 is 28.7 Å². The van der Waals surface area contributed by atoms with Gasteiger partial charge in [-0.2, -0.15) is 0 Å². The molecule has 0 saturated carbocycles. The normalized spacial score (nSPS) is 17.4. The van der Waals surface area contributed by atoms with Crippen LogP contribution in [0.3, 0.4) is 0 Å². The van der Waals surface area contributed by atoms with E-state index in [1.54, 1.807) is 0 Å². The Labute approximate surface area is 225 Å². The van der Waals surface area contributed by atoms with Crippen LogP contribution in [0.4, 0.5) is 11.4 Å². The van der Waals surface area contributed by atoms with Crippen molar-refractivity contribution in [2.24, 2.45) is 0 Å². The number of nitrogens with zero attached hydrogens (tertiary/aromatic N) is 4. The van der Waals surface area contributed by atoms with E-state index >= 15 is 0 Å². The molecule has 2 atom stereocenters. The van der Waals surface area contributed by atoms with Crippen LogP contribution in [-0.2, 0) is 0 Å². The SMILES string of the molecule is Cc1cc([C@H]2[C@H](c3ccccn3)NC(=S)N2c2ccc(C(C)C)cc2)c(C)n1-c1ccc(N(C)C)cc1. The van der Waals surface area contributed by atoms with E-state index in [-0.39, 0.29) is 12.1 Å². The second kappa shape index (κ2) is 10.0. The Morgan fingerprint density at radius 1 is 0.919 bits per heavy atom. The summed E-state index contributed by atoms with van der Waals surface area (Å²) < 4.78 is 2.34. The molecule has 1 N–H and O–H groups in total. The first kappa shape index (κ1) is 25.0.